The number of likely N-dealkylation sites (N-methyl/N-ethyl adjacent to an activating group) is 1. The van der Waals surface area contributed by atoms with Crippen LogP contribution in [0.15, 0.2) is 71.6 Å². The summed E-state index contributed by atoms with van der Waals surface area (Å²) in [6.07, 6.45) is 0.703. The topological polar surface area (TPSA) is 70.1 Å². The molecule has 34 heavy (non-hydrogen) atoms. The van der Waals surface area contributed by atoms with Crippen molar-refractivity contribution in [1.29, 1.82) is 0 Å². The molecule has 7 heteroatoms. The lowest BCUT2D eigenvalue weighted by molar-refractivity contribution is 0.193. The molecule has 1 saturated heterocycles. The zero-order valence-corrected chi connectivity index (χ0v) is 20.5. The number of fused-ring (bicyclic) bond motifs is 3. The number of anilines is 1. The molecule has 178 valence electrons. The van der Waals surface area contributed by atoms with Gasteiger partial charge in [-0.1, -0.05) is 36.4 Å². The molecule has 0 saturated carbocycles. The van der Waals surface area contributed by atoms with Crippen molar-refractivity contribution < 1.29 is 18.3 Å². The van der Waals surface area contributed by atoms with Crippen LogP contribution in [0.25, 0.3) is 11.1 Å². The van der Waals surface area contributed by atoms with E-state index in [4.69, 9.17) is 4.74 Å². The molecule has 3 aromatic rings. The number of ether oxygens (including phenoxy) is 1. The van der Waals surface area contributed by atoms with Crippen LogP contribution >= 0.6 is 0 Å². The lowest BCUT2D eigenvalue weighted by Crippen LogP contribution is -2.48. The van der Waals surface area contributed by atoms with Crippen LogP contribution in [0.3, 0.4) is 0 Å². The number of aliphatic hydroxyl groups is 1. The number of rotatable bonds is 5. The van der Waals surface area contributed by atoms with E-state index in [-0.39, 0.29) is 24.6 Å². The van der Waals surface area contributed by atoms with Crippen LogP contribution in [-0.4, -0.2) is 51.2 Å². The van der Waals surface area contributed by atoms with Crippen molar-refractivity contribution in [2.45, 2.75) is 30.3 Å². The van der Waals surface area contributed by atoms with Crippen LogP contribution in [-0.2, 0) is 10.0 Å². The Morgan fingerprint density at radius 3 is 2.53 bits per heavy atom. The molecule has 0 aliphatic carbocycles. The predicted molar refractivity (Wildman–Crippen MR) is 134 cm³/mol. The van der Waals surface area contributed by atoms with E-state index >= 15 is 0 Å². The van der Waals surface area contributed by atoms with Crippen molar-refractivity contribution in [1.82, 2.24) is 4.31 Å². The van der Waals surface area contributed by atoms with E-state index in [9.17, 15) is 13.5 Å². The standard InChI is InChI=1S/C27H30N2O4S/c1-18-7-4-5-10-26(18)34(31,32)29-14-13-22-25(17-30)28(2)24-12-11-20(16-23(24)27(22)29)19-8-6-9-21(15-19)33-3/h4-12,15-16,22,25,27,30H,13-14,17H2,1-3H3/t22-,25-,27-/m0/s1. The van der Waals surface area contributed by atoms with E-state index in [1.165, 1.54) is 0 Å². The number of benzene rings is 3. The molecule has 6 nitrogen and oxygen atoms in total. The summed E-state index contributed by atoms with van der Waals surface area (Å²) in [6, 6.07) is 20.7. The number of aryl methyl sites for hydroxylation is 1. The van der Waals surface area contributed by atoms with Crippen molar-refractivity contribution in [2.75, 3.05) is 32.2 Å². The maximum Gasteiger partial charge on any atom is 0.243 e. The van der Waals surface area contributed by atoms with Gasteiger partial charge in [-0.25, -0.2) is 8.42 Å². The Labute approximate surface area is 201 Å². The highest BCUT2D eigenvalue weighted by Gasteiger charge is 2.50. The van der Waals surface area contributed by atoms with Crippen molar-refractivity contribution >= 4 is 15.7 Å². The summed E-state index contributed by atoms with van der Waals surface area (Å²) in [5, 5.41) is 10.3. The first-order valence-electron chi connectivity index (χ1n) is 11.6. The second-order valence-electron chi connectivity index (χ2n) is 9.14. The molecule has 5 rings (SSSR count). The second-order valence-corrected chi connectivity index (χ2v) is 11.0. The number of hydrogen-bond acceptors (Lipinski definition) is 5. The lowest BCUT2D eigenvalue weighted by atomic mass is 9.81. The molecule has 1 fully saturated rings. The third-order valence-electron chi connectivity index (χ3n) is 7.39. The van der Waals surface area contributed by atoms with Gasteiger partial charge in [-0.05, 0) is 65.9 Å². The zero-order valence-electron chi connectivity index (χ0n) is 19.7. The van der Waals surface area contributed by atoms with Gasteiger partial charge in [-0.15, -0.1) is 0 Å². The Balaban J connectivity index is 1.65. The first-order chi connectivity index (χ1) is 16.4. The molecule has 0 bridgehead atoms. The van der Waals surface area contributed by atoms with Gasteiger partial charge >= 0.3 is 0 Å². The van der Waals surface area contributed by atoms with E-state index in [1.54, 1.807) is 23.5 Å². The Hall–Kier alpha value is -2.87. The summed E-state index contributed by atoms with van der Waals surface area (Å²) in [4.78, 5) is 2.45. The highest BCUT2D eigenvalue weighted by Crippen LogP contribution is 2.51. The van der Waals surface area contributed by atoms with Gasteiger partial charge in [0.15, 0.2) is 0 Å². The maximum absolute atomic E-state index is 13.9. The largest absolute Gasteiger partial charge is 0.497 e. The smallest absolute Gasteiger partial charge is 0.243 e. The van der Waals surface area contributed by atoms with Crippen molar-refractivity contribution in [3.05, 3.63) is 77.9 Å². The average Bonchev–Trinajstić information content (AvgIpc) is 3.30. The van der Waals surface area contributed by atoms with Crippen LogP contribution < -0.4 is 9.64 Å². The normalized spacial score (nSPS) is 22.4. The monoisotopic (exact) mass is 478 g/mol. The third-order valence-corrected chi connectivity index (χ3v) is 9.43. The van der Waals surface area contributed by atoms with Crippen LogP contribution in [0.2, 0.25) is 0 Å². The number of nitrogens with zero attached hydrogens (tertiary/aromatic N) is 2. The van der Waals surface area contributed by atoms with Gasteiger partial charge in [0, 0.05) is 25.2 Å². The molecule has 3 aromatic carbocycles. The summed E-state index contributed by atoms with van der Waals surface area (Å²) < 4.78 is 34.8. The van der Waals surface area contributed by atoms with Crippen molar-refractivity contribution in [3.63, 3.8) is 0 Å². The number of sulfonamides is 1. The van der Waals surface area contributed by atoms with Gasteiger partial charge < -0.3 is 14.7 Å². The number of hydrogen-bond donors (Lipinski definition) is 1. The Bertz CT molecular complexity index is 1320. The first-order valence-corrected chi connectivity index (χ1v) is 13.0. The molecule has 2 aliphatic heterocycles. The minimum atomic E-state index is -3.71. The molecular formula is C27H30N2O4S. The molecule has 0 aromatic heterocycles. The SMILES string of the molecule is COc1cccc(-c2ccc3c(c2)[C@@H]2[C@@H](CCN2S(=O)(=O)c2ccccc2C)[C@H](CO)N3C)c1. The molecule has 2 aliphatic rings. The van der Waals surface area contributed by atoms with Crippen molar-refractivity contribution in [3.8, 4) is 16.9 Å². The molecule has 0 radical (unpaired) electrons. The zero-order chi connectivity index (χ0) is 24.0. The minimum absolute atomic E-state index is 0.00172. The van der Waals surface area contributed by atoms with E-state index in [0.29, 0.717) is 17.9 Å². The van der Waals surface area contributed by atoms with Crippen LogP contribution in [0.4, 0.5) is 5.69 Å². The van der Waals surface area contributed by atoms with Crippen LogP contribution in [0.1, 0.15) is 23.6 Å². The van der Waals surface area contributed by atoms with E-state index in [0.717, 1.165) is 33.7 Å². The summed E-state index contributed by atoms with van der Waals surface area (Å²) in [5.74, 6) is 0.775. The predicted octanol–water partition coefficient (Wildman–Crippen LogP) is 4.23. The van der Waals surface area contributed by atoms with Gasteiger partial charge in [-0.2, -0.15) is 4.31 Å². The second kappa shape index (κ2) is 8.73. The fourth-order valence-corrected chi connectivity index (χ4v) is 7.53. The molecule has 0 unspecified atom stereocenters. The summed E-state index contributed by atoms with van der Waals surface area (Å²) in [5.41, 5.74) is 4.69. The molecular weight excluding hydrogens is 448 g/mol. The first kappa shape index (κ1) is 22.9. The summed E-state index contributed by atoms with van der Waals surface area (Å²) in [6.45, 7) is 2.24. The van der Waals surface area contributed by atoms with Crippen LogP contribution in [0.5, 0.6) is 5.75 Å². The number of aliphatic hydroxyl groups excluding tert-OH is 1. The van der Waals surface area contributed by atoms with Gasteiger partial charge in [0.2, 0.25) is 10.0 Å². The van der Waals surface area contributed by atoms with E-state index < -0.39 is 10.0 Å². The van der Waals surface area contributed by atoms with Crippen LogP contribution in [0, 0.1) is 12.8 Å². The van der Waals surface area contributed by atoms with Gasteiger partial charge in [-0.3, -0.25) is 0 Å². The molecule has 0 amide bonds. The molecule has 3 atom stereocenters. The fourth-order valence-electron chi connectivity index (χ4n) is 5.64. The number of methoxy groups -OCH3 is 1. The average molecular weight is 479 g/mol. The lowest BCUT2D eigenvalue weighted by Gasteiger charge is -2.44. The Morgan fingerprint density at radius 2 is 1.79 bits per heavy atom. The van der Waals surface area contributed by atoms with Gasteiger partial charge in [0.25, 0.3) is 0 Å². The van der Waals surface area contributed by atoms with Crippen molar-refractivity contribution in [2.24, 2.45) is 5.92 Å². The maximum atomic E-state index is 13.9. The highest BCUT2D eigenvalue weighted by atomic mass is 32.2. The summed E-state index contributed by atoms with van der Waals surface area (Å²) in [7, 11) is -0.0746. The molecule has 0 spiro atoms. The Kier molecular flexibility index (Phi) is 5.88. The fraction of sp³-hybridized carbons (Fsp3) is 0.333. The summed E-state index contributed by atoms with van der Waals surface area (Å²) >= 11 is 0. The highest BCUT2D eigenvalue weighted by molar-refractivity contribution is 7.89. The molecule has 2 heterocycles. The van der Waals surface area contributed by atoms with E-state index in [1.807, 2.05) is 62.5 Å². The van der Waals surface area contributed by atoms with Gasteiger partial charge in [0.05, 0.1) is 30.7 Å². The minimum Gasteiger partial charge on any atom is -0.497 e. The third kappa shape index (κ3) is 3.59. The van der Waals surface area contributed by atoms with E-state index in [2.05, 4.69) is 11.0 Å². The Morgan fingerprint density at radius 1 is 1.03 bits per heavy atom. The molecule has 1 N–H and O–H groups in total. The quantitative estimate of drug-likeness (QED) is 0.594. The van der Waals surface area contributed by atoms with Gasteiger partial charge in [0.1, 0.15) is 5.75 Å².